The molecule has 5 heteroatoms. The highest BCUT2D eigenvalue weighted by Gasteiger charge is 2.18. The zero-order valence-electron chi connectivity index (χ0n) is 7.03. The molecule has 1 saturated heterocycles. The Morgan fingerprint density at radius 3 is 3.00 bits per heavy atom. The van der Waals surface area contributed by atoms with Gasteiger partial charge >= 0.3 is 0 Å². The van der Waals surface area contributed by atoms with Crippen LogP contribution in [-0.4, -0.2) is 18.1 Å². The van der Waals surface area contributed by atoms with Gasteiger partial charge in [-0.15, -0.1) is 0 Å². The van der Waals surface area contributed by atoms with Crippen LogP contribution in [-0.2, 0) is 4.84 Å². The highest BCUT2D eigenvalue weighted by atomic mass is 79.9. The summed E-state index contributed by atoms with van der Waals surface area (Å²) < 4.78 is 0.870. The second kappa shape index (κ2) is 3.51. The molecule has 0 saturated carbocycles. The van der Waals surface area contributed by atoms with E-state index in [9.17, 15) is 0 Å². The molecule has 4 nitrogen and oxygen atoms in total. The lowest BCUT2D eigenvalue weighted by molar-refractivity contribution is 0.168. The first-order valence-corrected chi connectivity index (χ1v) is 4.88. The zero-order chi connectivity index (χ0) is 9.26. The first-order chi connectivity index (χ1) is 6.29. The van der Waals surface area contributed by atoms with Crippen molar-refractivity contribution >= 4 is 27.3 Å². The van der Waals surface area contributed by atoms with Gasteiger partial charge in [-0.25, -0.2) is 0 Å². The minimum absolute atomic E-state index is 0.635. The van der Waals surface area contributed by atoms with Gasteiger partial charge in [0.2, 0.25) is 0 Å². The molecule has 1 aliphatic heterocycles. The van der Waals surface area contributed by atoms with Gasteiger partial charge in [-0.1, -0.05) is 0 Å². The summed E-state index contributed by atoms with van der Waals surface area (Å²) in [6.45, 7) is 1.64. The summed E-state index contributed by atoms with van der Waals surface area (Å²) in [6.07, 6.45) is 4.38. The van der Waals surface area contributed by atoms with Gasteiger partial charge in [0.25, 0.3) is 0 Å². The molecule has 1 aromatic heterocycles. The molecule has 0 aliphatic carbocycles. The van der Waals surface area contributed by atoms with Crippen LogP contribution in [0.4, 0.5) is 11.4 Å². The first kappa shape index (κ1) is 8.77. The van der Waals surface area contributed by atoms with E-state index in [1.165, 1.54) is 0 Å². The third kappa shape index (κ3) is 1.62. The fourth-order valence-corrected chi connectivity index (χ4v) is 1.88. The fourth-order valence-electron chi connectivity index (χ4n) is 1.33. The third-order valence-electron chi connectivity index (χ3n) is 1.90. The number of pyridine rings is 1. The molecule has 2 N–H and O–H groups in total. The average molecular weight is 244 g/mol. The molecule has 1 aromatic rings. The second-order valence-corrected chi connectivity index (χ2v) is 3.70. The van der Waals surface area contributed by atoms with Crippen LogP contribution in [0.5, 0.6) is 0 Å². The van der Waals surface area contributed by atoms with Gasteiger partial charge in [-0.2, -0.15) is 0 Å². The summed E-state index contributed by atoms with van der Waals surface area (Å²) in [5.74, 6) is 0. The van der Waals surface area contributed by atoms with Gasteiger partial charge < -0.3 is 5.73 Å². The van der Waals surface area contributed by atoms with E-state index in [4.69, 9.17) is 10.6 Å². The lowest BCUT2D eigenvalue weighted by Crippen LogP contribution is -2.18. The number of hydrogen-bond donors (Lipinski definition) is 1. The van der Waals surface area contributed by atoms with Gasteiger partial charge in [0, 0.05) is 12.7 Å². The van der Waals surface area contributed by atoms with Crippen LogP contribution in [0.1, 0.15) is 6.42 Å². The van der Waals surface area contributed by atoms with Crippen molar-refractivity contribution in [1.82, 2.24) is 4.98 Å². The van der Waals surface area contributed by atoms with Crippen LogP contribution in [0.25, 0.3) is 0 Å². The summed E-state index contributed by atoms with van der Waals surface area (Å²) in [4.78, 5) is 9.36. The predicted octanol–water partition coefficient (Wildman–Crippen LogP) is 1.57. The minimum atomic E-state index is 0.635. The van der Waals surface area contributed by atoms with Crippen LogP contribution in [0.2, 0.25) is 0 Å². The van der Waals surface area contributed by atoms with Gasteiger partial charge in [-0.3, -0.25) is 14.9 Å². The Balaban J connectivity index is 2.37. The maximum atomic E-state index is 5.79. The molecule has 1 aliphatic rings. The first-order valence-electron chi connectivity index (χ1n) is 4.08. The van der Waals surface area contributed by atoms with E-state index in [2.05, 4.69) is 20.9 Å². The molecular weight excluding hydrogens is 234 g/mol. The SMILES string of the molecule is Nc1cncc(Br)c1N1CCCO1. The number of rotatable bonds is 1. The molecule has 0 radical (unpaired) electrons. The highest BCUT2D eigenvalue weighted by Crippen LogP contribution is 2.32. The van der Waals surface area contributed by atoms with Crippen molar-refractivity contribution in [3.05, 3.63) is 16.9 Å². The molecule has 70 valence electrons. The van der Waals surface area contributed by atoms with Crippen LogP contribution in [0, 0.1) is 0 Å². The minimum Gasteiger partial charge on any atom is -0.396 e. The second-order valence-electron chi connectivity index (χ2n) is 2.85. The van der Waals surface area contributed by atoms with Gasteiger partial charge in [0.1, 0.15) is 5.69 Å². The van der Waals surface area contributed by atoms with Gasteiger partial charge in [0.05, 0.1) is 23.0 Å². The highest BCUT2D eigenvalue weighted by molar-refractivity contribution is 9.10. The van der Waals surface area contributed by atoms with Crippen LogP contribution >= 0.6 is 15.9 Å². The van der Waals surface area contributed by atoms with Crippen LogP contribution in [0.3, 0.4) is 0 Å². The van der Waals surface area contributed by atoms with Crippen molar-refractivity contribution in [3.63, 3.8) is 0 Å². The van der Waals surface area contributed by atoms with Gasteiger partial charge in [-0.05, 0) is 22.4 Å². The number of halogens is 1. The maximum absolute atomic E-state index is 5.79. The topological polar surface area (TPSA) is 51.4 Å². The molecule has 13 heavy (non-hydrogen) atoms. The molecule has 0 bridgehead atoms. The lowest BCUT2D eigenvalue weighted by atomic mass is 10.3. The summed E-state index contributed by atoms with van der Waals surface area (Å²) in [6, 6.07) is 0. The number of hydrogen-bond acceptors (Lipinski definition) is 4. The summed E-state index contributed by atoms with van der Waals surface area (Å²) in [5, 5.41) is 1.81. The van der Waals surface area contributed by atoms with Crippen LogP contribution < -0.4 is 10.8 Å². The molecular formula is C8H10BrN3O. The number of nitrogens with zero attached hydrogens (tertiary/aromatic N) is 2. The molecule has 0 atom stereocenters. The molecule has 1 fully saturated rings. The molecule has 0 spiro atoms. The van der Waals surface area contributed by atoms with E-state index in [-0.39, 0.29) is 0 Å². The Hall–Kier alpha value is -0.810. The van der Waals surface area contributed by atoms with Crippen molar-refractivity contribution in [1.29, 1.82) is 0 Å². The molecule has 0 unspecified atom stereocenters. The largest absolute Gasteiger partial charge is 0.396 e. The van der Waals surface area contributed by atoms with Crippen molar-refractivity contribution in [2.45, 2.75) is 6.42 Å². The fraction of sp³-hybridized carbons (Fsp3) is 0.375. The summed E-state index contributed by atoms with van der Waals surface area (Å²) >= 11 is 3.39. The Morgan fingerprint density at radius 2 is 2.38 bits per heavy atom. The lowest BCUT2D eigenvalue weighted by Gasteiger charge is -2.18. The Labute approximate surface area is 84.8 Å². The normalized spacial score (nSPS) is 16.5. The van der Waals surface area contributed by atoms with Gasteiger partial charge in [0.15, 0.2) is 0 Å². The number of hydroxylamine groups is 1. The number of aromatic nitrogens is 1. The van der Waals surface area contributed by atoms with E-state index < -0.39 is 0 Å². The Kier molecular flexibility index (Phi) is 2.37. The Bertz CT molecular complexity index is 292. The third-order valence-corrected chi connectivity index (χ3v) is 2.48. The molecule has 2 heterocycles. The number of nitrogens with two attached hydrogens (primary N) is 1. The molecule has 2 rings (SSSR count). The maximum Gasteiger partial charge on any atom is 0.104 e. The zero-order valence-corrected chi connectivity index (χ0v) is 8.62. The molecule has 0 aromatic carbocycles. The van der Waals surface area contributed by atoms with E-state index in [1.54, 1.807) is 17.5 Å². The quantitative estimate of drug-likeness (QED) is 0.814. The van der Waals surface area contributed by atoms with Crippen molar-refractivity contribution in [2.75, 3.05) is 23.9 Å². The Morgan fingerprint density at radius 1 is 1.54 bits per heavy atom. The average Bonchev–Trinajstić information content (AvgIpc) is 2.57. The number of anilines is 2. The van der Waals surface area contributed by atoms with E-state index in [1.807, 2.05) is 0 Å². The summed E-state index contributed by atoms with van der Waals surface area (Å²) in [7, 11) is 0. The van der Waals surface area contributed by atoms with Crippen molar-refractivity contribution < 1.29 is 4.84 Å². The predicted molar refractivity (Wildman–Crippen MR) is 54.3 cm³/mol. The van der Waals surface area contributed by atoms with Crippen molar-refractivity contribution in [2.24, 2.45) is 0 Å². The summed E-state index contributed by atoms with van der Waals surface area (Å²) in [5.41, 5.74) is 7.30. The molecule has 0 amide bonds. The van der Waals surface area contributed by atoms with E-state index >= 15 is 0 Å². The standard InChI is InChI=1S/C8H10BrN3O/c9-6-4-11-5-7(10)8(6)12-2-1-3-13-12/h4-5H,1-3,10H2. The number of nitrogen functional groups attached to an aromatic ring is 1. The van der Waals surface area contributed by atoms with E-state index in [0.29, 0.717) is 5.69 Å². The van der Waals surface area contributed by atoms with Crippen LogP contribution in [0.15, 0.2) is 16.9 Å². The van der Waals surface area contributed by atoms with Crippen molar-refractivity contribution in [3.8, 4) is 0 Å². The van der Waals surface area contributed by atoms with E-state index in [0.717, 1.165) is 29.7 Å². The smallest absolute Gasteiger partial charge is 0.104 e. The monoisotopic (exact) mass is 243 g/mol.